The minimum atomic E-state index is -0.0739. The van der Waals surface area contributed by atoms with Gasteiger partial charge in [0.1, 0.15) is 6.17 Å². The van der Waals surface area contributed by atoms with Gasteiger partial charge in [0.25, 0.3) is 0 Å². The molecule has 0 radical (unpaired) electrons. The summed E-state index contributed by atoms with van der Waals surface area (Å²) in [5.41, 5.74) is 1.04. The summed E-state index contributed by atoms with van der Waals surface area (Å²) in [6.45, 7) is 4.15. The number of halogens is 1. The lowest BCUT2D eigenvalue weighted by Gasteiger charge is -2.24. The first-order chi connectivity index (χ1) is 8.72. The van der Waals surface area contributed by atoms with Gasteiger partial charge < -0.3 is 9.64 Å². The SMILES string of the molecule is CCOCCN1C(=O)CNC1c1ccc(Cl)cc1. The van der Waals surface area contributed by atoms with Crippen molar-refractivity contribution >= 4 is 17.5 Å². The Morgan fingerprint density at radius 1 is 1.44 bits per heavy atom. The Kier molecular flexibility index (Phi) is 4.58. The average Bonchev–Trinajstić information content (AvgIpc) is 2.73. The summed E-state index contributed by atoms with van der Waals surface area (Å²) < 4.78 is 5.30. The molecule has 1 aliphatic heterocycles. The number of carbonyl (C=O) groups excluding carboxylic acids is 1. The Bertz CT molecular complexity index is 408. The van der Waals surface area contributed by atoms with Crippen LogP contribution in [0.3, 0.4) is 0 Å². The molecule has 1 N–H and O–H groups in total. The maximum atomic E-state index is 11.8. The standard InChI is InChI=1S/C13H17ClN2O2/c1-2-18-8-7-16-12(17)9-15-13(16)10-3-5-11(14)6-4-10/h3-6,13,15H,2,7-9H2,1H3. The van der Waals surface area contributed by atoms with Gasteiger partial charge in [-0.3, -0.25) is 10.1 Å². The van der Waals surface area contributed by atoms with Gasteiger partial charge in [0, 0.05) is 18.2 Å². The number of nitrogens with one attached hydrogen (secondary N) is 1. The topological polar surface area (TPSA) is 41.6 Å². The van der Waals surface area contributed by atoms with Crippen molar-refractivity contribution in [3.8, 4) is 0 Å². The van der Waals surface area contributed by atoms with E-state index in [-0.39, 0.29) is 12.1 Å². The van der Waals surface area contributed by atoms with Crippen LogP contribution in [0.2, 0.25) is 5.02 Å². The van der Waals surface area contributed by atoms with E-state index in [2.05, 4.69) is 5.32 Å². The highest BCUT2D eigenvalue weighted by Crippen LogP contribution is 2.23. The van der Waals surface area contributed by atoms with E-state index in [0.717, 1.165) is 5.56 Å². The molecule has 4 nitrogen and oxygen atoms in total. The molecule has 18 heavy (non-hydrogen) atoms. The molecule has 1 fully saturated rings. The molecule has 0 saturated carbocycles. The first-order valence-electron chi connectivity index (χ1n) is 6.08. The number of hydrogen-bond acceptors (Lipinski definition) is 3. The van der Waals surface area contributed by atoms with Gasteiger partial charge in [-0.05, 0) is 24.6 Å². The molecule has 0 aromatic heterocycles. The molecule has 0 spiro atoms. The predicted molar refractivity (Wildman–Crippen MR) is 70.4 cm³/mol. The van der Waals surface area contributed by atoms with Crippen LogP contribution in [-0.4, -0.2) is 37.1 Å². The highest BCUT2D eigenvalue weighted by Gasteiger charge is 2.30. The van der Waals surface area contributed by atoms with Crippen LogP contribution in [0.5, 0.6) is 0 Å². The number of rotatable bonds is 5. The number of nitrogens with zero attached hydrogens (tertiary/aromatic N) is 1. The highest BCUT2D eigenvalue weighted by atomic mass is 35.5. The van der Waals surface area contributed by atoms with Gasteiger partial charge in [-0.1, -0.05) is 23.7 Å². The molecule has 1 unspecified atom stereocenters. The lowest BCUT2D eigenvalue weighted by molar-refractivity contribution is -0.128. The van der Waals surface area contributed by atoms with Crippen molar-refractivity contribution in [1.82, 2.24) is 10.2 Å². The molecule has 1 aliphatic rings. The van der Waals surface area contributed by atoms with Crippen molar-refractivity contribution in [2.24, 2.45) is 0 Å². The third-order valence-electron chi connectivity index (χ3n) is 2.95. The second-order valence-electron chi connectivity index (χ2n) is 4.12. The fraction of sp³-hybridized carbons (Fsp3) is 0.462. The Morgan fingerprint density at radius 3 is 2.83 bits per heavy atom. The summed E-state index contributed by atoms with van der Waals surface area (Å²) in [5, 5.41) is 3.89. The minimum absolute atomic E-state index is 0.0739. The largest absolute Gasteiger partial charge is 0.380 e. The Labute approximate surface area is 112 Å². The molecule has 1 saturated heterocycles. The zero-order valence-electron chi connectivity index (χ0n) is 10.4. The van der Waals surface area contributed by atoms with Gasteiger partial charge in [-0.15, -0.1) is 0 Å². The van der Waals surface area contributed by atoms with E-state index in [1.54, 1.807) is 4.90 Å². The van der Waals surface area contributed by atoms with Gasteiger partial charge in [-0.25, -0.2) is 0 Å². The first-order valence-corrected chi connectivity index (χ1v) is 6.46. The zero-order valence-corrected chi connectivity index (χ0v) is 11.1. The van der Waals surface area contributed by atoms with Crippen molar-refractivity contribution in [1.29, 1.82) is 0 Å². The lowest BCUT2D eigenvalue weighted by atomic mass is 10.1. The fourth-order valence-electron chi connectivity index (χ4n) is 2.04. The minimum Gasteiger partial charge on any atom is -0.380 e. The number of hydrogen-bond donors (Lipinski definition) is 1. The van der Waals surface area contributed by atoms with Gasteiger partial charge >= 0.3 is 0 Å². The maximum Gasteiger partial charge on any atom is 0.238 e. The summed E-state index contributed by atoms with van der Waals surface area (Å²) in [5.74, 6) is 0.106. The van der Waals surface area contributed by atoms with Crippen LogP contribution in [0.1, 0.15) is 18.7 Å². The summed E-state index contributed by atoms with van der Waals surface area (Å²) >= 11 is 5.86. The van der Waals surface area contributed by atoms with Crippen molar-refractivity contribution in [2.45, 2.75) is 13.1 Å². The van der Waals surface area contributed by atoms with Crippen LogP contribution >= 0.6 is 11.6 Å². The molecule has 1 amide bonds. The van der Waals surface area contributed by atoms with Gasteiger partial charge in [0.05, 0.1) is 13.2 Å². The molecule has 5 heteroatoms. The molecular weight excluding hydrogens is 252 g/mol. The smallest absolute Gasteiger partial charge is 0.238 e. The Balaban J connectivity index is 2.06. The highest BCUT2D eigenvalue weighted by molar-refractivity contribution is 6.30. The molecule has 0 bridgehead atoms. The second kappa shape index (κ2) is 6.18. The van der Waals surface area contributed by atoms with Crippen molar-refractivity contribution in [3.63, 3.8) is 0 Å². The van der Waals surface area contributed by atoms with E-state index in [4.69, 9.17) is 16.3 Å². The second-order valence-corrected chi connectivity index (χ2v) is 4.56. The summed E-state index contributed by atoms with van der Waals surface area (Å²) in [4.78, 5) is 13.6. The van der Waals surface area contributed by atoms with E-state index >= 15 is 0 Å². The molecular formula is C13H17ClN2O2. The van der Waals surface area contributed by atoms with Crippen molar-refractivity contribution in [2.75, 3.05) is 26.3 Å². The Hall–Kier alpha value is -1.10. The molecule has 1 aromatic rings. The average molecular weight is 269 g/mol. The molecule has 98 valence electrons. The molecule has 0 aliphatic carbocycles. The first kappa shape index (κ1) is 13.3. The van der Waals surface area contributed by atoms with Crippen LogP contribution in [-0.2, 0) is 9.53 Å². The fourth-order valence-corrected chi connectivity index (χ4v) is 2.17. The number of amides is 1. The van der Waals surface area contributed by atoms with E-state index in [1.807, 2.05) is 31.2 Å². The predicted octanol–water partition coefficient (Wildman–Crippen LogP) is 1.81. The molecule has 2 rings (SSSR count). The summed E-state index contributed by atoms with van der Waals surface area (Å²) in [6.07, 6.45) is -0.0739. The normalized spacial score (nSPS) is 19.6. The van der Waals surface area contributed by atoms with Gasteiger partial charge in [0.15, 0.2) is 0 Å². The van der Waals surface area contributed by atoms with Crippen molar-refractivity contribution in [3.05, 3.63) is 34.9 Å². The molecule has 1 atom stereocenters. The maximum absolute atomic E-state index is 11.8. The lowest BCUT2D eigenvalue weighted by Crippen LogP contribution is -2.33. The van der Waals surface area contributed by atoms with Gasteiger partial charge in [0.2, 0.25) is 5.91 Å². The van der Waals surface area contributed by atoms with E-state index in [0.29, 0.717) is 31.3 Å². The van der Waals surface area contributed by atoms with Crippen molar-refractivity contribution < 1.29 is 9.53 Å². The zero-order chi connectivity index (χ0) is 13.0. The number of benzene rings is 1. The Morgan fingerprint density at radius 2 is 2.17 bits per heavy atom. The molecule has 1 heterocycles. The van der Waals surface area contributed by atoms with Crippen LogP contribution in [0.15, 0.2) is 24.3 Å². The van der Waals surface area contributed by atoms with Crippen LogP contribution in [0.25, 0.3) is 0 Å². The number of carbonyl (C=O) groups is 1. The summed E-state index contributed by atoms with van der Waals surface area (Å²) in [6, 6.07) is 7.54. The number of ether oxygens (including phenoxy) is 1. The quantitative estimate of drug-likeness (QED) is 0.828. The van der Waals surface area contributed by atoms with E-state index in [1.165, 1.54) is 0 Å². The van der Waals surface area contributed by atoms with E-state index < -0.39 is 0 Å². The van der Waals surface area contributed by atoms with Crippen LogP contribution < -0.4 is 5.32 Å². The van der Waals surface area contributed by atoms with Crippen LogP contribution in [0, 0.1) is 0 Å². The van der Waals surface area contributed by atoms with E-state index in [9.17, 15) is 4.79 Å². The van der Waals surface area contributed by atoms with Crippen LogP contribution in [0.4, 0.5) is 0 Å². The summed E-state index contributed by atoms with van der Waals surface area (Å²) in [7, 11) is 0. The third-order valence-corrected chi connectivity index (χ3v) is 3.20. The monoisotopic (exact) mass is 268 g/mol. The third kappa shape index (κ3) is 3.02. The van der Waals surface area contributed by atoms with Gasteiger partial charge in [-0.2, -0.15) is 0 Å². The molecule has 1 aromatic carbocycles.